The predicted molar refractivity (Wildman–Crippen MR) is 121 cm³/mol. The number of anilines is 1. The minimum absolute atomic E-state index is 0. The number of fused-ring (bicyclic) bond motifs is 2. The molecule has 6 nitrogen and oxygen atoms in total. The summed E-state index contributed by atoms with van der Waals surface area (Å²) in [5.74, 6) is -0.754. The Labute approximate surface area is 184 Å². The van der Waals surface area contributed by atoms with Gasteiger partial charge in [0.05, 0.1) is 16.6 Å². The summed E-state index contributed by atoms with van der Waals surface area (Å²) in [4.78, 5) is 10.9. The summed E-state index contributed by atoms with van der Waals surface area (Å²) in [6, 6.07) is 13.0. The molecule has 8 heteroatoms. The fourth-order valence-corrected chi connectivity index (χ4v) is 5.33. The highest BCUT2D eigenvalue weighted by atomic mass is 35.5. The van der Waals surface area contributed by atoms with Crippen LogP contribution in [0.15, 0.2) is 47.4 Å². The maximum atomic E-state index is 13.2. The number of benzene rings is 2. The Bertz CT molecular complexity index is 994. The molecule has 0 fully saturated rings. The van der Waals surface area contributed by atoms with Crippen molar-refractivity contribution in [2.75, 3.05) is 17.9 Å². The number of halogens is 1. The van der Waals surface area contributed by atoms with E-state index >= 15 is 0 Å². The van der Waals surface area contributed by atoms with Crippen molar-refractivity contribution in [2.24, 2.45) is 0 Å². The summed E-state index contributed by atoms with van der Waals surface area (Å²) in [5, 5.41) is 12.3. The van der Waals surface area contributed by atoms with E-state index in [1.807, 2.05) is 43.3 Å². The van der Waals surface area contributed by atoms with Crippen molar-refractivity contribution in [1.29, 1.82) is 0 Å². The molecule has 30 heavy (non-hydrogen) atoms. The standard InChI is InChI=1S/C22H28N2O4S.ClH/c1-16-12-13-18-20(15-16)29(27,28)24(2)19-10-7-6-9-17(19)22(18)23-14-8-4-3-5-11-21(25)26;/h6-7,9-10,12-13,15,22-23H,3-5,8,11,14H2,1-2H3,(H,25,26);1H. The lowest BCUT2D eigenvalue weighted by Gasteiger charge is -2.22. The number of carbonyl (C=O) groups is 1. The van der Waals surface area contributed by atoms with Crippen LogP contribution in [0.4, 0.5) is 5.69 Å². The van der Waals surface area contributed by atoms with Gasteiger partial charge in [-0.15, -0.1) is 12.4 Å². The third-order valence-electron chi connectivity index (χ3n) is 5.37. The fraction of sp³-hybridized carbons (Fsp3) is 0.409. The summed E-state index contributed by atoms with van der Waals surface area (Å²) in [5.41, 5.74) is 3.29. The second-order valence-corrected chi connectivity index (χ2v) is 9.46. The number of carboxylic acids is 1. The third-order valence-corrected chi connectivity index (χ3v) is 7.20. The van der Waals surface area contributed by atoms with Gasteiger partial charge in [0.1, 0.15) is 0 Å². The van der Waals surface area contributed by atoms with Crippen molar-refractivity contribution in [1.82, 2.24) is 5.32 Å². The average Bonchev–Trinajstić information content (AvgIpc) is 2.75. The first kappa shape index (κ1) is 24.2. The zero-order valence-electron chi connectivity index (χ0n) is 17.3. The van der Waals surface area contributed by atoms with Crippen LogP contribution in [0.1, 0.15) is 54.8 Å². The molecule has 2 aromatic carbocycles. The van der Waals surface area contributed by atoms with Crippen LogP contribution in [0.2, 0.25) is 0 Å². The van der Waals surface area contributed by atoms with Crippen LogP contribution < -0.4 is 9.62 Å². The highest BCUT2D eigenvalue weighted by Gasteiger charge is 2.34. The summed E-state index contributed by atoms with van der Waals surface area (Å²) < 4.78 is 27.8. The highest BCUT2D eigenvalue weighted by molar-refractivity contribution is 7.92. The first-order chi connectivity index (χ1) is 13.8. The monoisotopic (exact) mass is 452 g/mol. The molecular formula is C22H29ClN2O4S. The van der Waals surface area contributed by atoms with Crippen molar-refractivity contribution in [3.05, 3.63) is 59.2 Å². The van der Waals surface area contributed by atoms with E-state index in [0.29, 0.717) is 17.0 Å². The third kappa shape index (κ3) is 5.14. The Morgan fingerprint density at radius 2 is 1.77 bits per heavy atom. The summed E-state index contributed by atoms with van der Waals surface area (Å²) >= 11 is 0. The number of hydrogen-bond donors (Lipinski definition) is 2. The van der Waals surface area contributed by atoms with E-state index in [4.69, 9.17) is 5.11 Å². The summed E-state index contributed by atoms with van der Waals surface area (Å²) in [7, 11) is -2.04. The van der Waals surface area contributed by atoms with Gasteiger partial charge in [-0.2, -0.15) is 0 Å². The molecule has 2 aromatic rings. The van der Waals surface area contributed by atoms with Crippen LogP contribution in [0.3, 0.4) is 0 Å². The van der Waals surface area contributed by atoms with Crippen molar-refractivity contribution in [3.8, 4) is 0 Å². The number of aryl methyl sites for hydroxylation is 1. The van der Waals surface area contributed by atoms with Gasteiger partial charge < -0.3 is 10.4 Å². The first-order valence-electron chi connectivity index (χ1n) is 9.96. The minimum atomic E-state index is -3.64. The molecule has 0 spiro atoms. The van der Waals surface area contributed by atoms with E-state index in [-0.39, 0.29) is 24.9 Å². The van der Waals surface area contributed by atoms with Crippen molar-refractivity contribution < 1.29 is 18.3 Å². The number of sulfonamides is 1. The van der Waals surface area contributed by atoms with Gasteiger partial charge in [-0.3, -0.25) is 9.10 Å². The van der Waals surface area contributed by atoms with Crippen LogP contribution in [-0.4, -0.2) is 33.1 Å². The quantitative estimate of drug-likeness (QED) is 0.584. The number of rotatable bonds is 8. The van der Waals surface area contributed by atoms with Crippen LogP contribution in [-0.2, 0) is 14.8 Å². The molecular weight excluding hydrogens is 424 g/mol. The number of aliphatic carboxylic acids is 1. The molecule has 0 saturated carbocycles. The average molecular weight is 453 g/mol. The van der Waals surface area contributed by atoms with Crippen LogP contribution in [0, 0.1) is 6.92 Å². The smallest absolute Gasteiger partial charge is 0.303 e. The minimum Gasteiger partial charge on any atom is -0.481 e. The Morgan fingerprint density at radius 3 is 2.50 bits per heavy atom. The van der Waals surface area contributed by atoms with Gasteiger partial charge in [0.15, 0.2) is 0 Å². The zero-order chi connectivity index (χ0) is 21.0. The number of hydrogen-bond acceptors (Lipinski definition) is 4. The molecule has 3 rings (SSSR count). The number of nitrogens with one attached hydrogen (secondary N) is 1. The van der Waals surface area contributed by atoms with Crippen LogP contribution >= 0.6 is 12.4 Å². The van der Waals surface area contributed by atoms with Crippen LogP contribution in [0.25, 0.3) is 0 Å². The van der Waals surface area contributed by atoms with Gasteiger partial charge in [-0.1, -0.05) is 43.2 Å². The first-order valence-corrected chi connectivity index (χ1v) is 11.4. The van der Waals surface area contributed by atoms with Gasteiger partial charge >= 0.3 is 5.97 Å². The lowest BCUT2D eigenvalue weighted by molar-refractivity contribution is -0.137. The van der Waals surface area contributed by atoms with Gasteiger partial charge in [-0.05, 0) is 55.1 Å². The van der Waals surface area contributed by atoms with E-state index < -0.39 is 16.0 Å². The van der Waals surface area contributed by atoms with Gasteiger partial charge in [0.25, 0.3) is 10.0 Å². The lowest BCUT2D eigenvalue weighted by Crippen LogP contribution is -2.26. The highest BCUT2D eigenvalue weighted by Crippen LogP contribution is 2.40. The molecule has 0 aliphatic carbocycles. The number of unbranched alkanes of at least 4 members (excludes halogenated alkanes) is 3. The molecule has 1 heterocycles. The molecule has 0 bridgehead atoms. The SMILES string of the molecule is Cc1ccc2c(c1)S(=O)(=O)N(C)c1ccccc1C2NCCCCCCC(=O)O.Cl. The Morgan fingerprint density at radius 1 is 1.07 bits per heavy atom. The van der Waals surface area contributed by atoms with E-state index in [9.17, 15) is 13.2 Å². The van der Waals surface area contributed by atoms with E-state index in [1.54, 1.807) is 13.1 Å². The molecule has 0 radical (unpaired) electrons. The van der Waals surface area contributed by atoms with E-state index in [2.05, 4.69) is 5.32 Å². The van der Waals surface area contributed by atoms with Crippen molar-refractivity contribution in [3.63, 3.8) is 0 Å². The molecule has 1 aliphatic heterocycles. The summed E-state index contributed by atoms with van der Waals surface area (Å²) in [6.45, 7) is 2.62. The fourth-order valence-electron chi connectivity index (χ4n) is 3.79. The number of para-hydroxylation sites is 1. The van der Waals surface area contributed by atoms with Gasteiger partial charge in [0, 0.05) is 13.5 Å². The summed E-state index contributed by atoms with van der Waals surface area (Å²) in [6.07, 6.45) is 3.62. The second-order valence-electron chi connectivity index (χ2n) is 7.52. The molecule has 1 aliphatic rings. The number of nitrogens with zero attached hydrogens (tertiary/aromatic N) is 1. The predicted octanol–water partition coefficient (Wildman–Crippen LogP) is 4.27. The topological polar surface area (TPSA) is 86.7 Å². The molecule has 1 atom stereocenters. The number of carboxylic acid groups (broad SMARTS) is 1. The molecule has 0 aromatic heterocycles. The molecule has 2 N–H and O–H groups in total. The van der Waals surface area contributed by atoms with Crippen LogP contribution in [0.5, 0.6) is 0 Å². The van der Waals surface area contributed by atoms with E-state index in [1.165, 1.54) is 4.31 Å². The van der Waals surface area contributed by atoms with Crippen molar-refractivity contribution in [2.45, 2.75) is 50.0 Å². The lowest BCUT2D eigenvalue weighted by atomic mass is 9.96. The molecule has 1 unspecified atom stereocenters. The Kier molecular flexibility index (Phi) is 8.29. The van der Waals surface area contributed by atoms with Gasteiger partial charge in [0.2, 0.25) is 0 Å². The van der Waals surface area contributed by atoms with E-state index in [0.717, 1.165) is 42.5 Å². The van der Waals surface area contributed by atoms with Crippen molar-refractivity contribution >= 4 is 34.1 Å². The molecule has 0 saturated heterocycles. The molecule has 164 valence electrons. The molecule has 0 amide bonds. The maximum Gasteiger partial charge on any atom is 0.303 e. The normalized spacial score (nSPS) is 16.7. The Hall–Kier alpha value is -2.09. The largest absolute Gasteiger partial charge is 0.481 e. The second kappa shape index (κ2) is 10.3. The zero-order valence-corrected chi connectivity index (χ0v) is 18.9. The Balaban J connectivity index is 0.00000320. The maximum absolute atomic E-state index is 13.2. The van der Waals surface area contributed by atoms with Gasteiger partial charge in [-0.25, -0.2) is 8.42 Å².